The Hall–Kier alpha value is -2.24. The van der Waals surface area contributed by atoms with Crippen LogP contribution < -0.4 is 4.74 Å². The Bertz CT molecular complexity index is 787. The van der Waals surface area contributed by atoms with E-state index in [0.717, 1.165) is 17.6 Å². The topological polar surface area (TPSA) is 29.5 Å². The molecule has 5 heteroatoms. The van der Waals surface area contributed by atoms with Crippen molar-refractivity contribution in [2.24, 2.45) is 0 Å². The number of nitrogens with zero attached hydrogens (tertiary/aromatic N) is 1. The van der Waals surface area contributed by atoms with Crippen molar-refractivity contribution >= 4 is 21.7 Å². The second kappa shape index (κ2) is 10.0. The molecule has 0 saturated carbocycles. The van der Waals surface area contributed by atoms with Crippen LogP contribution in [0.4, 0.5) is 4.39 Å². The molecule has 3 nitrogen and oxygen atoms in total. The van der Waals surface area contributed by atoms with Crippen LogP contribution in [0, 0.1) is 5.82 Å². The van der Waals surface area contributed by atoms with Gasteiger partial charge in [-0.15, -0.1) is 6.58 Å². The van der Waals surface area contributed by atoms with Gasteiger partial charge < -0.3 is 4.74 Å². The van der Waals surface area contributed by atoms with E-state index in [4.69, 9.17) is 4.74 Å². The predicted molar refractivity (Wildman–Crippen MR) is 106 cm³/mol. The number of ketones is 1. The number of benzene rings is 2. The quantitative estimate of drug-likeness (QED) is 0.430. The lowest BCUT2D eigenvalue weighted by molar-refractivity contribution is 0.103. The highest BCUT2D eigenvalue weighted by Crippen LogP contribution is 2.20. The number of halogens is 2. The first-order chi connectivity index (χ1) is 12.5. The first-order valence-electron chi connectivity index (χ1n) is 8.18. The molecule has 0 heterocycles. The SMILES string of the molecule is C=CCN(C)C/C=C/COc1ccc(C(=O)c2ccc(Br)cc2)c(F)c1. The third-order valence-electron chi connectivity index (χ3n) is 3.66. The molecular formula is C21H21BrFNO2. The molecule has 0 aromatic heterocycles. The standard InChI is InChI=1S/C21H21BrFNO2/c1-3-12-24(2)13-4-5-14-26-18-10-11-19(20(23)15-18)21(25)16-6-8-17(22)9-7-16/h3-11,15H,1,12-14H2,2H3/b5-4+. The Morgan fingerprint density at radius 3 is 2.58 bits per heavy atom. The van der Waals surface area contributed by atoms with Gasteiger partial charge in [0.25, 0.3) is 0 Å². The van der Waals surface area contributed by atoms with Crippen LogP contribution in [0.15, 0.2) is 71.7 Å². The minimum absolute atomic E-state index is 0.0289. The minimum atomic E-state index is -0.592. The van der Waals surface area contributed by atoms with E-state index in [1.807, 2.05) is 25.3 Å². The summed E-state index contributed by atoms with van der Waals surface area (Å²) in [6.07, 6.45) is 5.69. The zero-order valence-electron chi connectivity index (χ0n) is 14.6. The fourth-order valence-electron chi connectivity index (χ4n) is 2.29. The molecule has 136 valence electrons. The van der Waals surface area contributed by atoms with Crippen molar-refractivity contribution in [3.63, 3.8) is 0 Å². The maximum Gasteiger partial charge on any atom is 0.195 e. The van der Waals surface area contributed by atoms with E-state index in [1.54, 1.807) is 30.3 Å². The summed E-state index contributed by atoms with van der Waals surface area (Å²) in [7, 11) is 1.99. The molecule has 0 saturated heterocycles. The van der Waals surface area contributed by atoms with Gasteiger partial charge in [-0.3, -0.25) is 9.69 Å². The van der Waals surface area contributed by atoms with E-state index in [0.29, 0.717) is 17.9 Å². The molecule has 0 aliphatic heterocycles. The number of hydrogen-bond donors (Lipinski definition) is 0. The van der Waals surface area contributed by atoms with Crippen LogP contribution in [-0.2, 0) is 0 Å². The lowest BCUT2D eigenvalue weighted by atomic mass is 10.0. The third-order valence-corrected chi connectivity index (χ3v) is 4.19. The normalized spacial score (nSPS) is 11.1. The lowest BCUT2D eigenvalue weighted by Crippen LogP contribution is -2.17. The number of carbonyl (C=O) groups excluding carboxylic acids is 1. The fraction of sp³-hybridized carbons (Fsp3) is 0.190. The average Bonchev–Trinajstić information content (AvgIpc) is 2.62. The molecule has 0 atom stereocenters. The molecule has 0 unspecified atom stereocenters. The fourth-order valence-corrected chi connectivity index (χ4v) is 2.55. The Morgan fingerprint density at radius 1 is 1.19 bits per heavy atom. The van der Waals surface area contributed by atoms with Crippen LogP contribution >= 0.6 is 15.9 Å². The maximum atomic E-state index is 14.3. The minimum Gasteiger partial charge on any atom is -0.489 e. The summed E-state index contributed by atoms with van der Waals surface area (Å²) in [5.74, 6) is -0.559. The Labute approximate surface area is 161 Å². The molecule has 0 radical (unpaired) electrons. The summed E-state index contributed by atoms with van der Waals surface area (Å²) in [6.45, 7) is 5.61. The van der Waals surface area contributed by atoms with E-state index < -0.39 is 5.82 Å². The first-order valence-corrected chi connectivity index (χ1v) is 8.97. The van der Waals surface area contributed by atoms with Crippen molar-refractivity contribution in [2.45, 2.75) is 0 Å². The van der Waals surface area contributed by atoms with Crippen molar-refractivity contribution in [3.05, 3.63) is 88.7 Å². The molecule has 0 bridgehead atoms. The van der Waals surface area contributed by atoms with E-state index in [1.165, 1.54) is 12.1 Å². The maximum absolute atomic E-state index is 14.3. The van der Waals surface area contributed by atoms with E-state index >= 15 is 0 Å². The zero-order chi connectivity index (χ0) is 18.9. The Balaban J connectivity index is 1.94. The smallest absolute Gasteiger partial charge is 0.195 e. The summed E-state index contributed by atoms with van der Waals surface area (Å²) in [6, 6.07) is 11.1. The second-order valence-electron chi connectivity index (χ2n) is 5.77. The number of rotatable bonds is 9. The Morgan fingerprint density at radius 2 is 1.92 bits per heavy atom. The van der Waals surface area contributed by atoms with Crippen LogP contribution in [0.5, 0.6) is 5.75 Å². The molecule has 0 aliphatic carbocycles. The predicted octanol–water partition coefficient (Wildman–Crippen LogP) is 4.87. The van der Waals surface area contributed by atoms with E-state index in [-0.39, 0.29) is 11.3 Å². The highest BCUT2D eigenvalue weighted by Gasteiger charge is 2.14. The summed E-state index contributed by atoms with van der Waals surface area (Å²) in [5.41, 5.74) is 0.466. The molecular weight excluding hydrogens is 397 g/mol. The van der Waals surface area contributed by atoms with Crippen LogP contribution in [0.3, 0.4) is 0 Å². The zero-order valence-corrected chi connectivity index (χ0v) is 16.2. The highest BCUT2D eigenvalue weighted by atomic mass is 79.9. The van der Waals surface area contributed by atoms with Crippen molar-refractivity contribution in [1.82, 2.24) is 4.90 Å². The number of likely N-dealkylation sites (N-methyl/N-ethyl adjacent to an activating group) is 1. The van der Waals surface area contributed by atoms with Crippen molar-refractivity contribution in [1.29, 1.82) is 0 Å². The van der Waals surface area contributed by atoms with Gasteiger partial charge in [-0.2, -0.15) is 0 Å². The Kier molecular flexibility index (Phi) is 7.75. The van der Waals surface area contributed by atoms with Crippen molar-refractivity contribution < 1.29 is 13.9 Å². The van der Waals surface area contributed by atoms with Gasteiger partial charge in [0.15, 0.2) is 5.78 Å². The highest BCUT2D eigenvalue weighted by molar-refractivity contribution is 9.10. The molecule has 2 aromatic rings. The average molecular weight is 418 g/mol. The van der Waals surface area contributed by atoms with Gasteiger partial charge in [-0.1, -0.05) is 34.2 Å². The van der Waals surface area contributed by atoms with Gasteiger partial charge in [0.2, 0.25) is 0 Å². The molecule has 0 fully saturated rings. The largest absolute Gasteiger partial charge is 0.489 e. The molecule has 26 heavy (non-hydrogen) atoms. The monoisotopic (exact) mass is 417 g/mol. The van der Waals surface area contributed by atoms with Gasteiger partial charge in [0.1, 0.15) is 18.2 Å². The van der Waals surface area contributed by atoms with Crippen LogP contribution in [0.25, 0.3) is 0 Å². The lowest BCUT2D eigenvalue weighted by Gasteiger charge is -2.10. The van der Waals surface area contributed by atoms with Gasteiger partial charge in [0.05, 0.1) is 5.56 Å². The van der Waals surface area contributed by atoms with Crippen LogP contribution in [-0.4, -0.2) is 37.4 Å². The third kappa shape index (κ3) is 5.93. The van der Waals surface area contributed by atoms with Gasteiger partial charge in [0, 0.05) is 29.2 Å². The summed E-state index contributed by atoms with van der Waals surface area (Å²) in [5, 5.41) is 0. The molecule has 0 spiro atoms. The summed E-state index contributed by atoms with van der Waals surface area (Å²) >= 11 is 3.31. The van der Waals surface area contributed by atoms with Crippen LogP contribution in [0.1, 0.15) is 15.9 Å². The summed E-state index contributed by atoms with van der Waals surface area (Å²) < 4.78 is 20.7. The summed E-state index contributed by atoms with van der Waals surface area (Å²) in [4.78, 5) is 14.5. The van der Waals surface area contributed by atoms with Crippen LogP contribution in [0.2, 0.25) is 0 Å². The second-order valence-corrected chi connectivity index (χ2v) is 6.69. The number of carbonyl (C=O) groups is 1. The number of ether oxygens (including phenoxy) is 1. The molecule has 2 aromatic carbocycles. The van der Waals surface area contributed by atoms with Crippen molar-refractivity contribution in [3.8, 4) is 5.75 Å². The molecule has 0 aliphatic rings. The molecule has 0 amide bonds. The van der Waals surface area contributed by atoms with Gasteiger partial charge in [-0.25, -0.2) is 4.39 Å². The molecule has 0 N–H and O–H groups in total. The van der Waals surface area contributed by atoms with E-state index in [2.05, 4.69) is 27.4 Å². The first kappa shape index (κ1) is 20.1. The number of hydrogen-bond acceptors (Lipinski definition) is 3. The van der Waals surface area contributed by atoms with Gasteiger partial charge >= 0.3 is 0 Å². The van der Waals surface area contributed by atoms with E-state index in [9.17, 15) is 9.18 Å². The molecule has 2 rings (SSSR count). The van der Waals surface area contributed by atoms with Gasteiger partial charge in [-0.05, 0) is 43.4 Å². The van der Waals surface area contributed by atoms with Crippen molar-refractivity contribution in [2.75, 3.05) is 26.7 Å².